The van der Waals surface area contributed by atoms with Crippen molar-refractivity contribution >= 4 is 21.4 Å². The molecular formula is C18H26FNS. The first-order valence-electron chi connectivity index (χ1n) is 8.02. The Balaban J connectivity index is 2.12. The number of benzene rings is 1. The van der Waals surface area contributed by atoms with Gasteiger partial charge in [0, 0.05) is 15.6 Å². The van der Waals surface area contributed by atoms with E-state index in [1.807, 2.05) is 6.07 Å². The van der Waals surface area contributed by atoms with Gasteiger partial charge in [-0.05, 0) is 48.9 Å². The van der Waals surface area contributed by atoms with Crippen molar-refractivity contribution in [3.63, 3.8) is 0 Å². The molecule has 116 valence electrons. The summed E-state index contributed by atoms with van der Waals surface area (Å²) in [5.41, 5.74) is 0. The van der Waals surface area contributed by atoms with Crippen molar-refractivity contribution in [3.8, 4) is 0 Å². The van der Waals surface area contributed by atoms with Crippen molar-refractivity contribution in [1.82, 2.24) is 5.32 Å². The van der Waals surface area contributed by atoms with Crippen molar-refractivity contribution in [1.29, 1.82) is 0 Å². The lowest BCUT2D eigenvalue weighted by molar-refractivity contribution is 0.452. The van der Waals surface area contributed by atoms with Crippen LogP contribution in [0.15, 0.2) is 24.3 Å². The van der Waals surface area contributed by atoms with Crippen LogP contribution in [0.25, 0.3) is 10.1 Å². The van der Waals surface area contributed by atoms with Gasteiger partial charge in [0.15, 0.2) is 0 Å². The third-order valence-corrected chi connectivity index (χ3v) is 4.97. The molecule has 21 heavy (non-hydrogen) atoms. The van der Waals surface area contributed by atoms with Gasteiger partial charge in [-0.3, -0.25) is 0 Å². The zero-order valence-electron chi connectivity index (χ0n) is 13.3. The molecule has 0 saturated carbocycles. The van der Waals surface area contributed by atoms with Crippen molar-refractivity contribution < 1.29 is 4.39 Å². The van der Waals surface area contributed by atoms with E-state index in [0.717, 1.165) is 35.4 Å². The van der Waals surface area contributed by atoms with Crippen LogP contribution in [0.2, 0.25) is 0 Å². The Morgan fingerprint density at radius 2 is 2.00 bits per heavy atom. The maximum absolute atomic E-state index is 13.3. The van der Waals surface area contributed by atoms with Crippen LogP contribution in [0.1, 0.15) is 57.4 Å². The molecule has 1 N–H and O–H groups in total. The number of halogens is 1. The standard InChI is InChI=1S/C18H26FNS/c1-4-10-20-16(7-5-6-13(2)3)18-11-14-8-9-15(19)12-17(14)21-18/h8-9,11-13,16,20H,4-7,10H2,1-3H3. The number of thiophene rings is 1. The van der Waals surface area contributed by atoms with Gasteiger partial charge in [-0.25, -0.2) is 4.39 Å². The molecule has 1 unspecified atom stereocenters. The summed E-state index contributed by atoms with van der Waals surface area (Å²) in [5.74, 6) is 0.613. The molecule has 2 rings (SSSR count). The molecule has 1 atom stereocenters. The first-order valence-corrected chi connectivity index (χ1v) is 8.84. The smallest absolute Gasteiger partial charge is 0.124 e. The highest BCUT2D eigenvalue weighted by Gasteiger charge is 2.14. The van der Waals surface area contributed by atoms with Crippen LogP contribution < -0.4 is 5.32 Å². The summed E-state index contributed by atoms with van der Waals surface area (Å²) in [4.78, 5) is 1.34. The minimum atomic E-state index is -0.145. The molecule has 0 aliphatic carbocycles. The lowest BCUT2D eigenvalue weighted by Gasteiger charge is -2.17. The van der Waals surface area contributed by atoms with Crippen LogP contribution >= 0.6 is 11.3 Å². The van der Waals surface area contributed by atoms with Crippen LogP contribution in [0.4, 0.5) is 4.39 Å². The molecular weight excluding hydrogens is 281 g/mol. The van der Waals surface area contributed by atoms with Gasteiger partial charge in [0.25, 0.3) is 0 Å². The second-order valence-corrected chi connectivity index (χ2v) is 7.28. The lowest BCUT2D eigenvalue weighted by Crippen LogP contribution is -2.21. The van der Waals surface area contributed by atoms with Gasteiger partial charge < -0.3 is 5.32 Å². The first-order chi connectivity index (χ1) is 10.1. The third kappa shape index (κ3) is 4.79. The number of rotatable bonds is 8. The van der Waals surface area contributed by atoms with Crippen LogP contribution in [-0.2, 0) is 0 Å². The Morgan fingerprint density at radius 1 is 1.19 bits per heavy atom. The first kappa shape index (κ1) is 16.4. The second kappa shape index (κ2) is 7.90. The number of hydrogen-bond acceptors (Lipinski definition) is 2. The highest BCUT2D eigenvalue weighted by Crippen LogP contribution is 2.33. The summed E-state index contributed by atoms with van der Waals surface area (Å²) >= 11 is 1.73. The van der Waals surface area contributed by atoms with Crippen LogP contribution in [-0.4, -0.2) is 6.54 Å². The van der Waals surface area contributed by atoms with E-state index in [-0.39, 0.29) is 5.82 Å². The Kier molecular flexibility index (Phi) is 6.19. The van der Waals surface area contributed by atoms with E-state index in [2.05, 4.69) is 32.2 Å². The van der Waals surface area contributed by atoms with Crippen LogP contribution in [0.5, 0.6) is 0 Å². The molecule has 0 aliphatic heterocycles. The third-order valence-electron chi connectivity index (χ3n) is 3.76. The fraction of sp³-hybridized carbons (Fsp3) is 0.556. The van der Waals surface area contributed by atoms with Crippen molar-refractivity contribution in [2.24, 2.45) is 5.92 Å². The molecule has 0 bridgehead atoms. The topological polar surface area (TPSA) is 12.0 Å². The zero-order valence-corrected chi connectivity index (χ0v) is 14.1. The molecule has 0 amide bonds. The Morgan fingerprint density at radius 3 is 2.71 bits per heavy atom. The molecule has 0 aliphatic rings. The molecule has 0 spiro atoms. The molecule has 1 nitrogen and oxygen atoms in total. The van der Waals surface area contributed by atoms with E-state index in [1.54, 1.807) is 23.5 Å². The molecule has 2 aromatic rings. The quantitative estimate of drug-likeness (QED) is 0.639. The summed E-state index contributed by atoms with van der Waals surface area (Å²) in [6.07, 6.45) is 4.80. The van der Waals surface area contributed by atoms with E-state index in [1.165, 1.54) is 17.7 Å². The van der Waals surface area contributed by atoms with Gasteiger partial charge in [-0.15, -0.1) is 11.3 Å². The molecule has 1 heterocycles. The molecule has 0 saturated heterocycles. The van der Waals surface area contributed by atoms with Gasteiger partial charge in [0.05, 0.1) is 0 Å². The average molecular weight is 307 g/mol. The van der Waals surface area contributed by atoms with Gasteiger partial charge >= 0.3 is 0 Å². The fourth-order valence-electron chi connectivity index (χ4n) is 2.59. The number of nitrogens with one attached hydrogen (secondary N) is 1. The predicted octanol–water partition coefficient (Wildman–Crippen LogP) is 5.91. The Labute approximate surface area is 131 Å². The maximum Gasteiger partial charge on any atom is 0.124 e. The largest absolute Gasteiger partial charge is 0.309 e. The molecule has 3 heteroatoms. The number of hydrogen-bond donors (Lipinski definition) is 1. The summed E-state index contributed by atoms with van der Waals surface area (Å²) in [5, 5.41) is 4.81. The second-order valence-electron chi connectivity index (χ2n) is 6.16. The highest BCUT2D eigenvalue weighted by molar-refractivity contribution is 7.19. The average Bonchev–Trinajstić information content (AvgIpc) is 2.84. The van der Waals surface area contributed by atoms with E-state index >= 15 is 0 Å². The summed E-state index contributed by atoms with van der Waals surface area (Å²) in [6, 6.07) is 7.71. The summed E-state index contributed by atoms with van der Waals surface area (Å²) < 4.78 is 14.4. The van der Waals surface area contributed by atoms with E-state index in [9.17, 15) is 4.39 Å². The molecule has 0 radical (unpaired) electrons. The van der Waals surface area contributed by atoms with Gasteiger partial charge in [-0.1, -0.05) is 39.7 Å². The molecule has 0 fully saturated rings. The zero-order chi connectivity index (χ0) is 15.2. The molecule has 1 aromatic heterocycles. The SMILES string of the molecule is CCCNC(CCCC(C)C)c1cc2ccc(F)cc2s1. The van der Waals surface area contributed by atoms with E-state index in [0.29, 0.717) is 6.04 Å². The summed E-state index contributed by atoms with van der Waals surface area (Å²) in [6.45, 7) is 7.78. The maximum atomic E-state index is 13.3. The normalized spacial score (nSPS) is 13.2. The summed E-state index contributed by atoms with van der Waals surface area (Å²) in [7, 11) is 0. The van der Waals surface area contributed by atoms with E-state index < -0.39 is 0 Å². The molecule has 1 aromatic carbocycles. The van der Waals surface area contributed by atoms with Gasteiger partial charge in [0.1, 0.15) is 5.82 Å². The Bertz CT molecular complexity index is 561. The van der Waals surface area contributed by atoms with E-state index in [4.69, 9.17) is 0 Å². The van der Waals surface area contributed by atoms with Crippen molar-refractivity contribution in [3.05, 3.63) is 35.0 Å². The minimum absolute atomic E-state index is 0.145. The lowest BCUT2D eigenvalue weighted by atomic mass is 10.0. The number of fused-ring (bicyclic) bond motifs is 1. The van der Waals surface area contributed by atoms with Crippen molar-refractivity contribution in [2.45, 2.75) is 52.5 Å². The highest BCUT2D eigenvalue weighted by atomic mass is 32.1. The van der Waals surface area contributed by atoms with Crippen molar-refractivity contribution in [2.75, 3.05) is 6.54 Å². The van der Waals surface area contributed by atoms with Gasteiger partial charge in [-0.2, -0.15) is 0 Å². The van der Waals surface area contributed by atoms with Gasteiger partial charge in [0.2, 0.25) is 0 Å². The fourth-order valence-corrected chi connectivity index (χ4v) is 3.79. The Hall–Kier alpha value is -0.930. The monoisotopic (exact) mass is 307 g/mol. The minimum Gasteiger partial charge on any atom is -0.309 e. The van der Waals surface area contributed by atoms with Crippen LogP contribution in [0, 0.1) is 11.7 Å². The van der Waals surface area contributed by atoms with Crippen LogP contribution in [0.3, 0.4) is 0 Å². The predicted molar refractivity (Wildman–Crippen MR) is 91.5 cm³/mol.